The van der Waals surface area contributed by atoms with Gasteiger partial charge in [-0.15, -0.1) is 24.0 Å². The Morgan fingerprint density at radius 1 is 1.35 bits per heavy atom. The number of halogens is 1. The summed E-state index contributed by atoms with van der Waals surface area (Å²) in [5.41, 5.74) is 7.85. The van der Waals surface area contributed by atoms with E-state index in [0.29, 0.717) is 18.4 Å². The monoisotopic (exact) mass is 387 g/mol. The fraction of sp³-hybridized carbons (Fsp3) is 0.400. The van der Waals surface area contributed by atoms with Crippen LogP contribution in [0.1, 0.15) is 25.2 Å². The van der Waals surface area contributed by atoms with Gasteiger partial charge in [-0.05, 0) is 18.9 Å². The average molecular weight is 387 g/mol. The van der Waals surface area contributed by atoms with Crippen molar-refractivity contribution in [3.8, 4) is 0 Å². The molecule has 3 N–H and O–H groups in total. The molecule has 110 valence electrons. The summed E-state index contributed by atoms with van der Waals surface area (Å²) in [5, 5.41) is 4.23. The van der Waals surface area contributed by atoms with Gasteiger partial charge in [0.1, 0.15) is 17.9 Å². The smallest absolute Gasteiger partial charge is 0.189 e. The Labute approximate surface area is 136 Å². The van der Waals surface area contributed by atoms with Crippen LogP contribution in [0.3, 0.4) is 0 Å². The van der Waals surface area contributed by atoms with E-state index in [2.05, 4.69) is 37.1 Å². The van der Waals surface area contributed by atoms with Crippen LogP contribution >= 0.6 is 24.0 Å². The van der Waals surface area contributed by atoms with Crippen molar-refractivity contribution >= 4 is 40.9 Å². The first kappa shape index (κ1) is 16.8. The Morgan fingerprint density at radius 3 is 2.70 bits per heavy atom. The second-order valence-electron chi connectivity index (χ2n) is 5.12. The van der Waals surface area contributed by atoms with Crippen molar-refractivity contribution in [1.82, 2.24) is 5.32 Å². The standard InChI is InChI=1S/C15H21N3O.HI/c1-10(2)8-17-15(16)18-9-14-11(3)12-6-4-5-7-13(12)19-14;/h4-7,10H,8-9H2,1-3H3,(H3,16,17,18);1H. The van der Waals surface area contributed by atoms with Crippen molar-refractivity contribution in [1.29, 1.82) is 0 Å². The predicted octanol–water partition coefficient (Wildman–Crippen LogP) is 3.42. The van der Waals surface area contributed by atoms with Gasteiger partial charge in [0.25, 0.3) is 0 Å². The van der Waals surface area contributed by atoms with E-state index in [-0.39, 0.29) is 24.0 Å². The number of nitrogens with zero attached hydrogens (tertiary/aromatic N) is 1. The van der Waals surface area contributed by atoms with Crippen LogP contribution in [0.5, 0.6) is 0 Å². The lowest BCUT2D eigenvalue weighted by molar-refractivity contribution is 0.547. The van der Waals surface area contributed by atoms with E-state index in [4.69, 9.17) is 10.2 Å². The number of hydrogen-bond acceptors (Lipinski definition) is 2. The highest BCUT2D eigenvalue weighted by Crippen LogP contribution is 2.25. The molecular formula is C15H22IN3O. The van der Waals surface area contributed by atoms with E-state index >= 15 is 0 Å². The van der Waals surface area contributed by atoms with Crippen LogP contribution in [0.2, 0.25) is 0 Å². The van der Waals surface area contributed by atoms with Gasteiger partial charge in [-0.25, -0.2) is 4.99 Å². The molecule has 1 aromatic heterocycles. The molecule has 5 heteroatoms. The SMILES string of the molecule is Cc1c(CN=C(N)NCC(C)C)oc2ccccc12.I. The summed E-state index contributed by atoms with van der Waals surface area (Å²) in [6, 6.07) is 8.00. The molecule has 0 atom stereocenters. The predicted molar refractivity (Wildman–Crippen MR) is 94.5 cm³/mol. The van der Waals surface area contributed by atoms with Crippen LogP contribution in [-0.2, 0) is 6.54 Å². The van der Waals surface area contributed by atoms with Gasteiger partial charge >= 0.3 is 0 Å². The Hall–Kier alpha value is -1.24. The maximum Gasteiger partial charge on any atom is 0.189 e. The van der Waals surface area contributed by atoms with Gasteiger partial charge in [-0.1, -0.05) is 32.0 Å². The molecule has 0 bridgehead atoms. The van der Waals surface area contributed by atoms with Crippen LogP contribution < -0.4 is 11.1 Å². The average Bonchev–Trinajstić information content (AvgIpc) is 2.71. The molecule has 20 heavy (non-hydrogen) atoms. The van der Waals surface area contributed by atoms with Crippen molar-refractivity contribution in [2.24, 2.45) is 16.6 Å². The maximum atomic E-state index is 5.81. The number of aliphatic imine (C=N–C) groups is 1. The lowest BCUT2D eigenvalue weighted by atomic mass is 10.1. The number of benzene rings is 1. The summed E-state index contributed by atoms with van der Waals surface area (Å²) in [5.74, 6) is 1.88. The first-order valence-corrected chi connectivity index (χ1v) is 6.58. The van der Waals surface area contributed by atoms with Crippen molar-refractivity contribution in [2.45, 2.75) is 27.3 Å². The summed E-state index contributed by atoms with van der Waals surface area (Å²) in [6.07, 6.45) is 0. The Balaban J connectivity index is 0.00000200. The molecule has 0 unspecified atom stereocenters. The quantitative estimate of drug-likeness (QED) is 0.480. The highest BCUT2D eigenvalue weighted by atomic mass is 127. The van der Waals surface area contributed by atoms with E-state index in [9.17, 15) is 0 Å². The normalized spacial score (nSPS) is 11.7. The number of nitrogens with two attached hydrogens (primary N) is 1. The third kappa shape index (κ3) is 4.13. The zero-order chi connectivity index (χ0) is 13.8. The Morgan fingerprint density at radius 2 is 2.05 bits per heavy atom. The molecule has 2 rings (SSSR count). The number of para-hydroxylation sites is 1. The van der Waals surface area contributed by atoms with Gasteiger partial charge < -0.3 is 15.5 Å². The molecular weight excluding hydrogens is 365 g/mol. The molecule has 0 radical (unpaired) electrons. The highest BCUT2D eigenvalue weighted by Gasteiger charge is 2.09. The zero-order valence-corrected chi connectivity index (χ0v) is 14.5. The van der Waals surface area contributed by atoms with Crippen molar-refractivity contribution in [3.63, 3.8) is 0 Å². The third-order valence-electron chi connectivity index (χ3n) is 3.03. The lowest BCUT2D eigenvalue weighted by Crippen LogP contribution is -2.34. The number of aryl methyl sites for hydroxylation is 1. The summed E-state index contributed by atoms with van der Waals surface area (Å²) >= 11 is 0. The highest BCUT2D eigenvalue weighted by molar-refractivity contribution is 14.0. The number of nitrogens with one attached hydrogen (secondary N) is 1. The van der Waals surface area contributed by atoms with Crippen molar-refractivity contribution in [3.05, 3.63) is 35.6 Å². The van der Waals surface area contributed by atoms with E-state index in [0.717, 1.165) is 28.8 Å². The minimum absolute atomic E-state index is 0. The fourth-order valence-electron chi connectivity index (χ4n) is 1.90. The first-order chi connectivity index (χ1) is 9.08. The van der Waals surface area contributed by atoms with Gasteiger partial charge in [-0.2, -0.15) is 0 Å². The van der Waals surface area contributed by atoms with Gasteiger partial charge in [0, 0.05) is 17.5 Å². The van der Waals surface area contributed by atoms with E-state index < -0.39 is 0 Å². The molecule has 2 aromatic rings. The molecule has 0 aliphatic heterocycles. The zero-order valence-electron chi connectivity index (χ0n) is 12.1. The molecule has 0 aliphatic carbocycles. The lowest BCUT2D eigenvalue weighted by Gasteiger charge is -2.07. The van der Waals surface area contributed by atoms with Gasteiger partial charge in [-0.3, -0.25) is 0 Å². The largest absolute Gasteiger partial charge is 0.459 e. The summed E-state index contributed by atoms with van der Waals surface area (Å²) in [6.45, 7) is 7.60. The molecule has 0 spiro atoms. The topological polar surface area (TPSA) is 63.5 Å². The van der Waals surface area contributed by atoms with Crippen LogP contribution in [0.25, 0.3) is 11.0 Å². The summed E-state index contributed by atoms with van der Waals surface area (Å²) in [7, 11) is 0. The summed E-state index contributed by atoms with van der Waals surface area (Å²) < 4.78 is 5.78. The van der Waals surface area contributed by atoms with E-state index in [1.807, 2.05) is 18.2 Å². The minimum atomic E-state index is 0. The summed E-state index contributed by atoms with van der Waals surface area (Å²) in [4.78, 5) is 4.31. The van der Waals surface area contributed by atoms with Crippen LogP contribution in [-0.4, -0.2) is 12.5 Å². The molecule has 0 saturated carbocycles. The third-order valence-corrected chi connectivity index (χ3v) is 3.03. The minimum Gasteiger partial charge on any atom is -0.459 e. The number of guanidine groups is 1. The Bertz CT molecular complexity index is 590. The van der Waals surface area contributed by atoms with Crippen LogP contribution in [0.4, 0.5) is 0 Å². The molecule has 0 amide bonds. The van der Waals surface area contributed by atoms with E-state index in [1.54, 1.807) is 0 Å². The molecule has 0 fully saturated rings. The second-order valence-corrected chi connectivity index (χ2v) is 5.12. The van der Waals surface area contributed by atoms with Crippen molar-refractivity contribution < 1.29 is 4.42 Å². The molecule has 0 saturated heterocycles. The first-order valence-electron chi connectivity index (χ1n) is 6.58. The molecule has 1 heterocycles. The number of furan rings is 1. The number of rotatable bonds is 4. The van der Waals surface area contributed by atoms with Crippen LogP contribution in [0.15, 0.2) is 33.7 Å². The number of hydrogen-bond donors (Lipinski definition) is 2. The van der Waals surface area contributed by atoms with Gasteiger partial charge in [0.05, 0.1) is 0 Å². The number of fused-ring (bicyclic) bond motifs is 1. The molecule has 4 nitrogen and oxygen atoms in total. The van der Waals surface area contributed by atoms with Crippen molar-refractivity contribution in [2.75, 3.05) is 6.54 Å². The van der Waals surface area contributed by atoms with Gasteiger partial charge in [0.15, 0.2) is 5.96 Å². The molecule has 1 aromatic carbocycles. The fourth-order valence-corrected chi connectivity index (χ4v) is 1.90. The second kappa shape index (κ2) is 7.52. The Kier molecular flexibility index (Phi) is 6.32. The van der Waals surface area contributed by atoms with Crippen LogP contribution in [0, 0.1) is 12.8 Å². The van der Waals surface area contributed by atoms with E-state index in [1.165, 1.54) is 0 Å². The maximum absolute atomic E-state index is 5.81. The van der Waals surface area contributed by atoms with Gasteiger partial charge in [0.2, 0.25) is 0 Å². The molecule has 0 aliphatic rings.